The molecule has 0 spiro atoms. The Balaban J connectivity index is 1.73. The van der Waals surface area contributed by atoms with Crippen molar-refractivity contribution >= 4 is 59.2 Å². The van der Waals surface area contributed by atoms with Gasteiger partial charge in [0, 0.05) is 30.8 Å². The molecule has 1 aliphatic heterocycles. The van der Waals surface area contributed by atoms with Gasteiger partial charge in [-0.3, -0.25) is 43.8 Å². The summed E-state index contributed by atoms with van der Waals surface area (Å²) >= 11 is 0. The largest absolute Gasteiger partial charge is 0.481 e. The summed E-state index contributed by atoms with van der Waals surface area (Å²) in [5, 5.41) is 35.2. The van der Waals surface area contributed by atoms with Crippen molar-refractivity contribution in [3.05, 3.63) is 77.9 Å². The van der Waals surface area contributed by atoms with Crippen molar-refractivity contribution in [3.63, 3.8) is 0 Å². The second-order valence-electron chi connectivity index (χ2n) is 12.9. The minimum atomic E-state index is -1.78. The molecule has 1 heterocycles. The minimum Gasteiger partial charge on any atom is -0.481 e. The van der Waals surface area contributed by atoms with Crippen molar-refractivity contribution < 1.29 is 63.2 Å². The van der Waals surface area contributed by atoms with Crippen LogP contribution in [0.3, 0.4) is 0 Å². The van der Waals surface area contributed by atoms with Gasteiger partial charge in [-0.25, -0.2) is 9.80 Å². The van der Waals surface area contributed by atoms with E-state index in [9.17, 15) is 58.5 Å². The number of carboxylic acid groups (broad SMARTS) is 3. The fourth-order valence-electron chi connectivity index (χ4n) is 5.48. The zero-order chi connectivity index (χ0) is 41.4. The molecule has 3 unspecified atom stereocenters. The second kappa shape index (κ2) is 21.2. The van der Waals surface area contributed by atoms with Crippen LogP contribution in [0.2, 0.25) is 0 Å². The fraction of sp³-hybridized carbons (Fsp3) is 0.378. The Kier molecular flexibility index (Phi) is 16.5. The van der Waals surface area contributed by atoms with Gasteiger partial charge in [0.1, 0.15) is 31.3 Å². The smallest absolute Gasteiger partial charge is 0.408 e. The lowest BCUT2D eigenvalue weighted by atomic mass is 10.0. The van der Waals surface area contributed by atoms with Crippen LogP contribution in [0.25, 0.3) is 0 Å². The number of aliphatic carboxylic acids is 3. The summed E-state index contributed by atoms with van der Waals surface area (Å²) in [4.78, 5) is 115. The van der Waals surface area contributed by atoms with Crippen LogP contribution in [-0.2, 0) is 56.1 Å². The van der Waals surface area contributed by atoms with Crippen LogP contribution in [0.1, 0.15) is 50.7 Å². The number of benzene rings is 2. The van der Waals surface area contributed by atoms with E-state index in [1.807, 2.05) is 12.1 Å². The number of alkyl carbamates (subject to hydrolysis) is 1. The lowest BCUT2D eigenvalue weighted by molar-refractivity contribution is -0.148. The Morgan fingerprint density at radius 1 is 0.786 bits per heavy atom. The number of para-hydroxylation sites is 1. The van der Waals surface area contributed by atoms with Crippen molar-refractivity contribution in [1.82, 2.24) is 26.4 Å². The molecular formula is C37H44N6O13. The third-order valence-electron chi connectivity index (χ3n) is 8.28. The maximum Gasteiger partial charge on any atom is 0.408 e. The predicted molar refractivity (Wildman–Crippen MR) is 195 cm³/mol. The van der Waals surface area contributed by atoms with Crippen molar-refractivity contribution in [3.8, 4) is 0 Å². The van der Waals surface area contributed by atoms with Gasteiger partial charge in [-0.05, 0) is 42.4 Å². The summed E-state index contributed by atoms with van der Waals surface area (Å²) < 4.78 is 5.05. The van der Waals surface area contributed by atoms with Crippen LogP contribution in [-0.4, -0.2) is 105 Å². The SMILES string of the molecule is CC(C)C(NC(=O)C(CCC(=O)O)NC(=O)C(CC(=O)O)NC(=O)OCc1ccccc1)C(=O)NN(CC(=O)O)C(=O)/C=C/C(=O)N1CCCc2ccccc21. The molecule has 300 valence electrons. The van der Waals surface area contributed by atoms with Crippen LogP contribution in [0.4, 0.5) is 10.5 Å². The van der Waals surface area contributed by atoms with Crippen LogP contribution in [0.15, 0.2) is 66.7 Å². The first-order chi connectivity index (χ1) is 26.5. The third kappa shape index (κ3) is 13.9. The van der Waals surface area contributed by atoms with Crippen molar-refractivity contribution in [1.29, 1.82) is 0 Å². The van der Waals surface area contributed by atoms with E-state index in [4.69, 9.17) is 4.74 Å². The number of hydrogen-bond donors (Lipinski definition) is 7. The van der Waals surface area contributed by atoms with Gasteiger partial charge in [0.25, 0.3) is 17.7 Å². The number of nitrogens with zero attached hydrogens (tertiary/aromatic N) is 2. The molecule has 0 bridgehead atoms. The molecule has 6 amide bonds. The summed E-state index contributed by atoms with van der Waals surface area (Å²) in [6.07, 6.45) is -0.136. The summed E-state index contributed by atoms with van der Waals surface area (Å²) in [5.41, 5.74) is 4.33. The standard InChI is InChI=1S/C37H44N6O13/c1-22(2)33(36(54)41-43(20-32(50)51)29(45)16-15-28(44)42-18-8-12-24-11-6-7-13-27(24)42)40-34(52)25(14-17-30(46)47)38-35(53)26(19-31(48)49)39-37(55)56-21-23-9-4-3-5-10-23/h3-7,9-11,13,15-16,22,25-26,33H,8,12,14,17-21H2,1-2H3,(H,38,53)(H,39,55)(H,40,52)(H,41,54)(H,46,47)(H,48,49)(H,50,51)/b16-15+. The molecule has 7 N–H and O–H groups in total. The van der Waals surface area contributed by atoms with Gasteiger partial charge in [0.05, 0.1) is 6.42 Å². The summed E-state index contributed by atoms with van der Waals surface area (Å²) in [5.74, 6) is -10.1. The number of ether oxygens (including phenoxy) is 1. The van der Waals surface area contributed by atoms with Gasteiger partial charge < -0.3 is 40.9 Å². The summed E-state index contributed by atoms with van der Waals surface area (Å²) in [6.45, 7) is 2.10. The van der Waals surface area contributed by atoms with Crippen LogP contribution in [0, 0.1) is 5.92 Å². The molecular weight excluding hydrogens is 736 g/mol. The number of aryl methyl sites for hydroxylation is 1. The molecule has 2 aromatic rings. The number of nitrogens with one attached hydrogen (secondary N) is 4. The highest BCUT2D eigenvalue weighted by molar-refractivity contribution is 6.06. The van der Waals surface area contributed by atoms with Gasteiger partial charge in [-0.15, -0.1) is 0 Å². The van der Waals surface area contributed by atoms with E-state index in [2.05, 4.69) is 21.4 Å². The maximum absolute atomic E-state index is 13.5. The van der Waals surface area contributed by atoms with Crippen LogP contribution < -0.4 is 26.3 Å². The number of carbonyl (C=O) groups excluding carboxylic acids is 6. The minimum absolute atomic E-state index is 0.214. The topological polar surface area (TPSA) is 278 Å². The number of hydrazine groups is 1. The molecule has 1 aliphatic rings. The molecule has 0 saturated heterocycles. The zero-order valence-corrected chi connectivity index (χ0v) is 30.6. The van der Waals surface area contributed by atoms with Gasteiger partial charge in [-0.2, -0.15) is 0 Å². The van der Waals surface area contributed by atoms with Crippen molar-refractivity contribution in [2.45, 2.75) is 70.7 Å². The number of fused-ring (bicyclic) bond motifs is 1. The number of carboxylic acids is 3. The van der Waals surface area contributed by atoms with E-state index in [0.29, 0.717) is 29.2 Å². The van der Waals surface area contributed by atoms with Crippen molar-refractivity contribution in [2.24, 2.45) is 5.92 Å². The number of anilines is 1. The monoisotopic (exact) mass is 780 g/mol. The van der Waals surface area contributed by atoms with E-state index in [-0.39, 0.29) is 6.61 Å². The molecule has 3 rings (SSSR count). The Hall–Kier alpha value is -6.79. The summed E-state index contributed by atoms with van der Waals surface area (Å²) in [7, 11) is 0. The predicted octanol–water partition coefficient (Wildman–Crippen LogP) is 0.727. The molecule has 0 aliphatic carbocycles. The molecule has 2 aromatic carbocycles. The van der Waals surface area contributed by atoms with Gasteiger partial charge >= 0.3 is 24.0 Å². The lowest BCUT2D eigenvalue weighted by Gasteiger charge is -2.29. The molecule has 19 heteroatoms. The highest BCUT2D eigenvalue weighted by Crippen LogP contribution is 2.26. The summed E-state index contributed by atoms with van der Waals surface area (Å²) in [6, 6.07) is 10.7. The first-order valence-electron chi connectivity index (χ1n) is 17.5. The molecule has 0 radical (unpaired) electrons. The Labute approximate surface area is 321 Å². The Bertz CT molecular complexity index is 1820. The van der Waals surface area contributed by atoms with E-state index < -0.39 is 103 Å². The van der Waals surface area contributed by atoms with Crippen LogP contribution >= 0.6 is 0 Å². The second-order valence-corrected chi connectivity index (χ2v) is 12.9. The zero-order valence-electron chi connectivity index (χ0n) is 30.6. The highest BCUT2D eigenvalue weighted by atomic mass is 16.5. The molecule has 0 fully saturated rings. The van der Waals surface area contributed by atoms with Gasteiger partial charge in [-0.1, -0.05) is 62.4 Å². The number of amides is 6. The van der Waals surface area contributed by atoms with Crippen molar-refractivity contribution in [2.75, 3.05) is 18.0 Å². The van der Waals surface area contributed by atoms with E-state index >= 15 is 0 Å². The normalized spacial score (nSPS) is 13.7. The molecule has 0 aromatic heterocycles. The molecule has 3 atom stereocenters. The quantitative estimate of drug-likeness (QED) is 0.0813. The van der Waals surface area contributed by atoms with Gasteiger partial charge in [0.15, 0.2) is 0 Å². The number of rotatable bonds is 18. The van der Waals surface area contributed by atoms with E-state index in [0.717, 1.165) is 24.1 Å². The Morgan fingerprint density at radius 2 is 1.45 bits per heavy atom. The maximum atomic E-state index is 13.5. The first kappa shape index (κ1) is 43.6. The third-order valence-corrected chi connectivity index (χ3v) is 8.28. The molecule has 56 heavy (non-hydrogen) atoms. The molecule has 0 saturated carbocycles. The highest BCUT2D eigenvalue weighted by Gasteiger charge is 2.33. The van der Waals surface area contributed by atoms with Crippen LogP contribution in [0.5, 0.6) is 0 Å². The average molecular weight is 781 g/mol. The average Bonchev–Trinajstić information content (AvgIpc) is 3.15. The number of carbonyl (C=O) groups is 9. The fourth-order valence-corrected chi connectivity index (χ4v) is 5.48. The van der Waals surface area contributed by atoms with Gasteiger partial charge in [0.2, 0.25) is 11.8 Å². The lowest BCUT2D eigenvalue weighted by Crippen LogP contribution is -2.60. The number of hydrogen-bond acceptors (Lipinski definition) is 10. The Morgan fingerprint density at radius 3 is 2.09 bits per heavy atom. The van der Waals surface area contributed by atoms with E-state index in [1.54, 1.807) is 42.5 Å². The van der Waals surface area contributed by atoms with E-state index in [1.165, 1.54) is 18.7 Å². The molecule has 19 nitrogen and oxygen atoms in total. The first-order valence-corrected chi connectivity index (χ1v) is 17.5.